The highest BCUT2D eigenvalue weighted by molar-refractivity contribution is 5.99. The van der Waals surface area contributed by atoms with Crippen molar-refractivity contribution in [3.8, 4) is 5.75 Å². The molecule has 1 rings (SSSR count). The van der Waals surface area contributed by atoms with Gasteiger partial charge in [-0.05, 0) is 63.8 Å². The molecule has 140 valence electrons. The average Bonchev–Trinajstić information content (AvgIpc) is 2.44. The Morgan fingerprint density at radius 1 is 0.800 bits per heavy atom. The van der Waals surface area contributed by atoms with E-state index in [4.69, 9.17) is 9.78 Å². The molecule has 0 aliphatic rings. The first-order valence-corrected chi connectivity index (χ1v) is 7.36. The molecule has 0 saturated heterocycles. The fourth-order valence-electron chi connectivity index (χ4n) is 1.26. The maximum atomic E-state index is 11.9. The summed E-state index contributed by atoms with van der Waals surface area (Å²) in [6.45, 7) is 10.1. The maximum Gasteiger partial charge on any atom is 0.380 e. The van der Waals surface area contributed by atoms with Gasteiger partial charge in [0.2, 0.25) is 0 Å². The summed E-state index contributed by atoms with van der Waals surface area (Å²) in [7, 11) is 0. The van der Waals surface area contributed by atoms with E-state index in [0.717, 1.165) is 0 Å². The maximum absolute atomic E-state index is 11.9. The van der Waals surface area contributed by atoms with Gasteiger partial charge >= 0.3 is 11.9 Å². The van der Waals surface area contributed by atoms with Crippen LogP contribution in [0, 0.1) is 0 Å². The minimum absolute atomic E-state index is 0.330. The Morgan fingerprint density at radius 3 is 1.48 bits per heavy atom. The van der Waals surface area contributed by atoms with Crippen LogP contribution in [0.2, 0.25) is 0 Å². The molecule has 0 aromatic heterocycles. The van der Waals surface area contributed by atoms with Crippen LogP contribution in [0.25, 0.3) is 0 Å². The van der Waals surface area contributed by atoms with Crippen LogP contribution in [0.4, 0.5) is 0 Å². The highest BCUT2D eigenvalue weighted by Crippen LogP contribution is 2.24. The number of para-hydroxylation sites is 1. The van der Waals surface area contributed by atoms with Crippen LogP contribution in [0.1, 0.15) is 62.3 Å². The summed E-state index contributed by atoms with van der Waals surface area (Å²) in [6, 6.07) is 3.78. The Morgan fingerprint density at radius 2 is 1.16 bits per heavy atom. The molecule has 0 atom stereocenters. The Labute approximate surface area is 145 Å². The SMILES string of the molecule is CC(C)(C)OOOC(=O)c1cccc(C(=O)OOOC(C)(C)C)c1O. The van der Waals surface area contributed by atoms with Crippen LogP contribution in [0.3, 0.4) is 0 Å². The van der Waals surface area contributed by atoms with Crippen molar-refractivity contribution in [3.05, 3.63) is 29.3 Å². The van der Waals surface area contributed by atoms with Gasteiger partial charge in [-0.25, -0.2) is 9.59 Å². The number of hydrogen-bond donors (Lipinski definition) is 1. The number of hydrogen-bond acceptors (Lipinski definition) is 9. The van der Waals surface area contributed by atoms with Gasteiger partial charge in [-0.1, -0.05) is 6.07 Å². The van der Waals surface area contributed by atoms with Gasteiger partial charge in [-0.3, -0.25) is 9.78 Å². The number of phenols is 1. The van der Waals surface area contributed by atoms with Crippen molar-refractivity contribution in [1.29, 1.82) is 0 Å². The number of aromatic hydroxyl groups is 1. The lowest BCUT2D eigenvalue weighted by molar-refractivity contribution is -0.510. The Bertz CT molecular complexity index is 561. The van der Waals surface area contributed by atoms with Crippen LogP contribution in [-0.4, -0.2) is 28.2 Å². The summed E-state index contributed by atoms with van der Waals surface area (Å²) in [5.74, 6) is -2.80. The second-order valence-corrected chi connectivity index (χ2v) is 6.97. The van der Waals surface area contributed by atoms with Crippen molar-refractivity contribution < 1.29 is 44.3 Å². The zero-order chi connectivity index (χ0) is 19.3. The highest BCUT2D eigenvalue weighted by Gasteiger charge is 2.24. The zero-order valence-electron chi connectivity index (χ0n) is 14.9. The van der Waals surface area contributed by atoms with E-state index in [1.54, 1.807) is 41.5 Å². The van der Waals surface area contributed by atoms with E-state index in [1.165, 1.54) is 18.2 Å². The van der Waals surface area contributed by atoms with Crippen molar-refractivity contribution in [3.63, 3.8) is 0 Å². The second-order valence-electron chi connectivity index (χ2n) is 6.97. The third kappa shape index (κ3) is 7.48. The minimum atomic E-state index is -1.07. The lowest BCUT2D eigenvalue weighted by Gasteiger charge is -2.16. The van der Waals surface area contributed by atoms with E-state index in [0.29, 0.717) is 0 Å². The van der Waals surface area contributed by atoms with Gasteiger partial charge in [0.15, 0.2) is 0 Å². The molecule has 0 amide bonds. The van der Waals surface area contributed by atoms with Crippen LogP contribution in [0.15, 0.2) is 18.2 Å². The lowest BCUT2D eigenvalue weighted by atomic mass is 10.1. The molecule has 1 aromatic carbocycles. The molecule has 0 aliphatic heterocycles. The van der Waals surface area contributed by atoms with E-state index >= 15 is 0 Å². The van der Waals surface area contributed by atoms with E-state index in [9.17, 15) is 14.7 Å². The van der Waals surface area contributed by atoms with Gasteiger partial charge in [-0.2, -0.15) is 9.78 Å². The van der Waals surface area contributed by atoms with Crippen molar-refractivity contribution in [2.45, 2.75) is 52.7 Å². The highest BCUT2D eigenvalue weighted by atomic mass is 17.5. The molecular formula is C16H22O9. The fraction of sp³-hybridized carbons (Fsp3) is 0.500. The number of benzene rings is 1. The van der Waals surface area contributed by atoms with E-state index < -0.39 is 28.9 Å². The number of phenolic OH excluding ortho intramolecular Hbond substituents is 1. The molecule has 25 heavy (non-hydrogen) atoms. The van der Waals surface area contributed by atoms with Gasteiger partial charge in [0.05, 0.1) is 11.2 Å². The lowest BCUT2D eigenvalue weighted by Crippen LogP contribution is -2.21. The van der Waals surface area contributed by atoms with Crippen molar-refractivity contribution in [2.75, 3.05) is 0 Å². The summed E-state index contributed by atoms with van der Waals surface area (Å²) < 4.78 is 0. The van der Waals surface area contributed by atoms with Gasteiger partial charge in [-0.15, -0.1) is 0 Å². The molecule has 1 aromatic rings. The van der Waals surface area contributed by atoms with E-state index in [2.05, 4.69) is 19.9 Å². The third-order valence-corrected chi connectivity index (χ3v) is 2.26. The molecule has 9 heteroatoms. The van der Waals surface area contributed by atoms with Gasteiger partial charge < -0.3 is 5.11 Å². The minimum Gasteiger partial charge on any atom is -0.506 e. The topological polar surface area (TPSA) is 110 Å². The monoisotopic (exact) mass is 358 g/mol. The molecule has 0 aliphatic carbocycles. The van der Waals surface area contributed by atoms with E-state index in [-0.39, 0.29) is 11.1 Å². The largest absolute Gasteiger partial charge is 0.506 e. The third-order valence-electron chi connectivity index (χ3n) is 2.26. The summed E-state index contributed by atoms with van der Waals surface area (Å²) in [4.78, 5) is 42.1. The molecule has 0 bridgehead atoms. The molecule has 0 radical (unpaired) electrons. The summed E-state index contributed by atoms with van der Waals surface area (Å²) in [5, 5.41) is 18.8. The molecule has 0 saturated carbocycles. The van der Waals surface area contributed by atoms with Crippen LogP contribution in [-0.2, 0) is 29.6 Å². The van der Waals surface area contributed by atoms with Gasteiger partial charge in [0.25, 0.3) is 0 Å². The second kappa shape index (κ2) is 8.26. The number of carbonyl (C=O) groups excluding carboxylic acids is 2. The van der Waals surface area contributed by atoms with Crippen molar-refractivity contribution >= 4 is 11.9 Å². The number of rotatable bonds is 6. The normalized spacial score (nSPS) is 11.9. The predicted octanol–water partition coefficient (Wildman–Crippen LogP) is 3.03. The first kappa shape index (κ1) is 20.8. The van der Waals surface area contributed by atoms with Crippen LogP contribution in [0.5, 0.6) is 5.75 Å². The van der Waals surface area contributed by atoms with Crippen LogP contribution < -0.4 is 0 Å². The molecule has 9 nitrogen and oxygen atoms in total. The molecule has 1 N–H and O–H groups in total. The molecule has 0 fully saturated rings. The van der Waals surface area contributed by atoms with Gasteiger partial charge in [0, 0.05) is 0 Å². The Hall–Kier alpha value is -2.20. The molecular weight excluding hydrogens is 336 g/mol. The first-order chi connectivity index (χ1) is 11.4. The predicted molar refractivity (Wildman–Crippen MR) is 82.8 cm³/mol. The van der Waals surface area contributed by atoms with Crippen LogP contribution >= 0.6 is 0 Å². The summed E-state index contributed by atoms with van der Waals surface area (Å²) >= 11 is 0. The Balaban J connectivity index is 2.74. The Kier molecular flexibility index (Phi) is 6.88. The van der Waals surface area contributed by atoms with Gasteiger partial charge in [0.1, 0.15) is 16.9 Å². The molecule has 0 spiro atoms. The van der Waals surface area contributed by atoms with Crippen molar-refractivity contribution in [2.24, 2.45) is 0 Å². The fourth-order valence-corrected chi connectivity index (χ4v) is 1.26. The molecule has 0 unspecified atom stereocenters. The molecule has 0 heterocycles. The van der Waals surface area contributed by atoms with E-state index in [1.807, 2.05) is 0 Å². The summed E-state index contributed by atoms with van der Waals surface area (Å²) in [6.07, 6.45) is 0. The summed E-state index contributed by atoms with van der Waals surface area (Å²) in [5.41, 5.74) is -2.08. The number of carbonyl (C=O) groups is 2. The first-order valence-electron chi connectivity index (χ1n) is 7.36. The standard InChI is InChI=1S/C16H22O9/c1-15(2,3)22-24-20-13(18)10-8-7-9-11(12(10)17)14(19)21-25-23-16(4,5)6/h7-9,17H,1-6H3. The average molecular weight is 358 g/mol. The smallest absolute Gasteiger partial charge is 0.380 e. The quantitative estimate of drug-likeness (QED) is 0.606. The van der Waals surface area contributed by atoms with Crippen molar-refractivity contribution in [1.82, 2.24) is 0 Å². The zero-order valence-corrected chi connectivity index (χ0v) is 14.9.